The fourth-order valence-corrected chi connectivity index (χ4v) is 3.61. The predicted molar refractivity (Wildman–Crippen MR) is 120 cm³/mol. The normalized spacial score (nSPS) is 25.2. The van der Waals surface area contributed by atoms with Crippen LogP contribution in [0.3, 0.4) is 0 Å². The van der Waals surface area contributed by atoms with Crippen LogP contribution in [0.2, 0.25) is 0 Å². The second kappa shape index (κ2) is 20.3. The molecule has 0 unspecified atom stereocenters. The molecule has 0 aromatic rings. The first-order chi connectivity index (χ1) is 13.0. The van der Waals surface area contributed by atoms with Gasteiger partial charge in [-0.2, -0.15) is 0 Å². The predicted octanol–water partition coefficient (Wildman–Crippen LogP) is 9.25. The minimum Gasteiger partial charge on any atom is -0.0845 e. The minimum atomic E-state index is 1.23. The van der Waals surface area contributed by atoms with Gasteiger partial charge in [-0.05, 0) is 25.7 Å². The molecule has 0 saturated carbocycles. The van der Waals surface area contributed by atoms with E-state index in [4.69, 9.17) is 0 Å². The Hall–Kier alpha value is -1.04. The molecule has 0 aromatic carbocycles. The van der Waals surface area contributed by atoms with E-state index in [1.165, 1.54) is 116 Å². The van der Waals surface area contributed by atoms with Gasteiger partial charge >= 0.3 is 0 Å². The van der Waals surface area contributed by atoms with E-state index in [1.807, 2.05) is 0 Å². The molecule has 1 rings (SSSR count). The molecule has 0 aromatic heterocycles. The highest BCUT2D eigenvalue weighted by Crippen LogP contribution is 2.14. The Kier molecular flexibility index (Phi) is 17.9. The smallest absolute Gasteiger partial charge is 0.0348 e. The van der Waals surface area contributed by atoms with Crippen molar-refractivity contribution < 1.29 is 0 Å². The third-order valence-electron chi connectivity index (χ3n) is 5.32. The molecule has 0 spiro atoms. The molecule has 0 radical (unpaired) electrons. The highest BCUT2D eigenvalue weighted by Gasteiger charge is 1.94. The quantitative estimate of drug-likeness (QED) is 0.405. The summed E-state index contributed by atoms with van der Waals surface area (Å²) < 4.78 is 0. The average molecular weight is 357 g/mol. The van der Waals surface area contributed by atoms with E-state index in [2.05, 4.69) is 48.6 Å². The van der Waals surface area contributed by atoms with Gasteiger partial charge in [0.05, 0.1) is 0 Å². The number of allylic oxidation sites excluding steroid dienone is 8. The van der Waals surface area contributed by atoms with Gasteiger partial charge in [0.25, 0.3) is 0 Å². The summed E-state index contributed by atoms with van der Waals surface area (Å²) in [6.45, 7) is 0. The van der Waals surface area contributed by atoms with Gasteiger partial charge in [0, 0.05) is 0 Å². The van der Waals surface area contributed by atoms with E-state index in [9.17, 15) is 0 Å². The van der Waals surface area contributed by atoms with Gasteiger partial charge in [0.2, 0.25) is 0 Å². The standard InChI is InChI=1S/C26H44/c1-2-4-6-8-10-12-14-16-18-20-22-24-26-25-23-21-19-17-15-13-11-9-7-5-3-1/h1-8H,9-26H2/b3-1-,4-2+,7-5+,8-6?. The summed E-state index contributed by atoms with van der Waals surface area (Å²) in [5.41, 5.74) is 0. The van der Waals surface area contributed by atoms with E-state index in [-0.39, 0.29) is 0 Å². The van der Waals surface area contributed by atoms with Crippen LogP contribution in [0.15, 0.2) is 48.6 Å². The summed E-state index contributed by atoms with van der Waals surface area (Å²) >= 11 is 0. The van der Waals surface area contributed by atoms with Gasteiger partial charge < -0.3 is 0 Å². The molecule has 0 atom stereocenters. The number of hydrogen-bond acceptors (Lipinski definition) is 0. The minimum absolute atomic E-state index is 1.23. The first kappa shape index (κ1) is 23.0. The van der Waals surface area contributed by atoms with E-state index in [0.29, 0.717) is 0 Å². The molecule has 0 N–H and O–H groups in total. The van der Waals surface area contributed by atoms with E-state index < -0.39 is 0 Å². The van der Waals surface area contributed by atoms with Crippen LogP contribution in [0.4, 0.5) is 0 Å². The highest BCUT2D eigenvalue weighted by molar-refractivity contribution is 5.15. The SMILES string of the molecule is C1=CCCCCCCCCCCCCCCCCCC/C=C/C=C\C=C\1. The molecule has 0 aliphatic heterocycles. The van der Waals surface area contributed by atoms with Crippen molar-refractivity contribution in [1.82, 2.24) is 0 Å². The fraction of sp³-hybridized carbons (Fsp3) is 0.692. The molecule has 0 amide bonds. The number of rotatable bonds is 0. The first-order valence-electron chi connectivity index (χ1n) is 11.6. The molecule has 0 fully saturated rings. The van der Waals surface area contributed by atoms with Crippen molar-refractivity contribution in [3.05, 3.63) is 48.6 Å². The van der Waals surface area contributed by atoms with Gasteiger partial charge in [-0.25, -0.2) is 0 Å². The van der Waals surface area contributed by atoms with Gasteiger partial charge in [-0.1, -0.05) is 138 Å². The lowest BCUT2D eigenvalue weighted by atomic mass is 10.0. The molecular weight excluding hydrogens is 312 g/mol. The van der Waals surface area contributed by atoms with Gasteiger partial charge in [0.1, 0.15) is 0 Å². The monoisotopic (exact) mass is 356 g/mol. The lowest BCUT2D eigenvalue weighted by Gasteiger charge is -2.03. The van der Waals surface area contributed by atoms with Gasteiger partial charge in [-0.3, -0.25) is 0 Å². The van der Waals surface area contributed by atoms with Crippen LogP contribution in [0.25, 0.3) is 0 Å². The lowest BCUT2D eigenvalue weighted by Crippen LogP contribution is -1.83. The second-order valence-electron chi connectivity index (χ2n) is 7.86. The Morgan fingerprint density at radius 1 is 0.231 bits per heavy atom. The topological polar surface area (TPSA) is 0 Å². The van der Waals surface area contributed by atoms with Crippen LogP contribution < -0.4 is 0 Å². The molecule has 0 bridgehead atoms. The summed E-state index contributed by atoms with van der Waals surface area (Å²) in [6.07, 6.45) is 43.0. The Bertz CT molecular complexity index is 345. The van der Waals surface area contributed by atoms with Crippen LogP contribution in [-0.4, -0.2) is 0 Å². The van der Waals surface area contributed by atoms with Crippen molar-refractivity contribution >= 4 is 0 Å². The maximum absolute atomic E-state index is 2.31. The van der Waals surface area contributed by atoms with E-state index >= 15 is 0 Å². The number of hydrogen-bond donors (Lipinski definition) is 0. The van der Waals surface area contributed by atoms with Crippen LogP contribution in [0.1, 0.15) is 116 Å². The van der Waals surface area contributed by atoms with Gasteiger partial charge in [-0.15, -0.1) is 0 Å². The van der Waals surface area contributed by atoms with Crippen molar-refractivity contribution in [2.45, 2.75) is 116 Å². The summed E-state index contributed by atoms with van der Waals surface area (Å²) in [6, 6.07) is 0. The summed E-state index contributed by atoms with van der Waals surface area (Å²) in [5.74, 6) is 0. The summed E-state index contributed by atoms with van der Waals surface area (Å²) in [4.78, 5) is 0. The third kappa shape index (κ3) is 17.8. The maximum atomic E-state index is 2.31. The van der Waals surface area contributed by atoms with Gasteiger partial charge in [0.15, 0.2) is 0 Å². The Balaban J connectivity index is 2.18. The molecular formula is C26H44. The lowest BCUT2D eigenvalue weighted by molar-refractivity contribution is 0.528. The molecule has 0 nitrogen and oxygen atoms in total. The maximum Gasteiger partial charge on any atom is -0.0348 e. The van der Waals surface area contributed by atoms with Crippen LogP contribution in [0, 0.1) is 0 Å². The second-order valence-corrected chi connectivity index (χ2v) is 7.86. The van der Waals surface area contributed by atoms with Crippen LogP contribution >= 0.6 is 0 Å². The Morgan fingerprint density at radius 3 is 0.769 bits per heavy atom. The molecule has 148 valence electrons. The molecule has 0 saturated heterocycles. The zero-order chi connectivity index (χ0) is 18.4. The van der Waals surface area contributed by atoms with E-state index in [0.717, 1.165) is 0 Å². The Morgan fingerprint density at radius 2 is 0.462 bits per heavy atom. The third-order valence-corrected chi connectivity index (χ3v) is 5.32. The summed E-state index contributed by atoms with van der Waals surface area (Å²) in [5, 5.41) is 0. The summed E-state index contributed by atoms with van der Waals surface area (Å²) in [7, 11) is 0. The zero-order valence-corrected chi connectivity index (χ0v) is 17.3. The zero-order valence-electron chi connectivity index (χ0n) is 17.3. The van der Waals surface area contributed by atoms with Crippen molar-refractivity contribution in [2.24, 2.45) is 0 Å². The molecule has 1 aliphatic carbocycles. The average Bonchev–Trinajstić information content (AvgIpc) is 2.65. The highest BCUT2D eigenvalue weighted by atomic mass is 14.0. The van der Waals surface area contributed by atoms with Crippen molar-refractivity contribution in [1.29, 1.82) is 0 Å². The molecule has 0 heterocycles. The van der Waals surface area contributed by atoms with Crippen molar-refractivity contribution in [3.8, 4) is 0 Å². The first-order valence-corrected chi connectivity index (χ1v) is 11.6. The molecule has 0 heteroatoms. The fourth-order valence-electron chi connectivity index (χ4n) is 3.61. The van der Waals surface area contributed by atoms with E-state index in [1.54, 1.807) is 0 Å². The molecule has 26 heavy (non-hydrogen) atoms. The van der Waals surface area contributed by atoms with Crippen molar-refractivity contribution in [3.63, 3.8) is 0 Å². The molecule has 1 aliphatic rings. The van der Waals surface area contributed by atoms with Crippen LogP contribution in [0.5, 0.6) is 0 Å². The van der Waals surface area contributed by atoms with Crippen molar-refractivity contribution in [2.75, 3.05) is 0 Å². The largest absolute Gasteiger partial charge is 0.0845 e. The Labute approximate surface area is 164 Å². The van der Waals surface area contributed by atoms with Crippen LogP contribution in [-0.2, 0) is 0 Å².